The minimum absolute atomic E-state index is 0.0617. The molecule has 1 saturated heterocycles. The van der Waals surface area contributed by atoms with E-state index < -0.39 is 14.9 Å². The highest BCUT2D eigenvalue weighted by Crippen LogP contribution is 2.32. The summed E-state index contributed by atoms with van der Waals surface area (Å²) in [6.07, 6.45) is 1.72. The molecule has 11 heteroatoms. The predicted molar refractivity (Wildman–Crippen MR) is 133 cm³/mol. The molecule has 2 heterocycles. The molecule has 1 aromatic heterocycles. The van der Waals surface area contributed by atoms with Crippen molar-refractivity contribution >= 4 is 21.4 Å². The van der Waals surface area contributed by atoms with Crippen LogP contribution in [0.15, 0.2) is 64.0 Å². The van der Waals surface area contributed by atoms with Gasteiger partial charge in [-0.05, 0) is 12.1 Å². The zero-order valence-electron chi connectivity index (χ0n) is 19.8. The molecule has 0 radical (unpaired) electrons. The predicted octanol–water partition coefficient (Wildman–Crippen LogP) is 3.60. The summed E-state index contributed by atoms with van der Waals surface area (Å²) in [6, 6.07) is 14.0. The van der Waals surface area contributed by atoms with Gasteiger partial charge >= 0.3 is 0 Å². The van der Waals surface area contributed by atoms with Crippen LogP contribution in [0.3, 0.4) is 0 Å². The molecule has 0 spiro atoms. The fourth-order valence-electron chi connectivity index (χ4n) is 4.25. The third kappa shape index (κ3) is 5.37. The summed E-state index contributed by atoms with van der Waals surface area (Å²) >= 11 is 0. The molecule has 35 heavy (non-hydrogen) atoms. The summed E-state index contributed by atoms with van der Waals surface area (Å²) in [5.74, 6) is 1.34. The van der Waals surface area contributed by atoms with Gasteiger partial charge in [-0.25, -0.2) is 13.4 Å². The smallest absolute Gasteiger partial charge is 0.293 e. The number of aromatic nitrogens is 1. The number of anilines is 1. The molecule has 10 nitrogen and oxygen atoms in total. The number of oxazole rings is 1. The third-order valence-corrected chi connectivity index (χ3v) is 8.22. The van der Waals surface area contributed by atoms with Crippen LogP contribution in [0.5, 0.6) is 0 Å². The first-order valence-electron chi connectivity index (χ1n) is 11.6. The minimum atomic E-state index is -3.78. The SMILES string of the molecule is CCN(CC)S(=O)(=O)c1ccc(N2CCN(Cc3ncc(-c4ccccc4)o3)CC2)c([N+](=O)[O-])c1. The molecule has 0 N–H and O–H groups in total. The van der Waals surface area contributed by atoms with Crippen molar-refractivity contribution in [2.24, 2.45) is 0 Å². The van der Waals surface area contributed by atoms with Gasteiger partial charge in [-0.1, -0.05) is 44.2 Å². The van der Waals surface area contributed by atoms with E-state index in [4.69, 9.17) is 4.42 Å². The highest BCUT2D eigenvalue weighted by Gasteiger charge is 2.29. The van der Waals surface area contributed by atoms with Gasteiger partial charge in [-0.2, -0.15) is 4.31 Å². The number of hydrogen-bond acceptors (Lipinski definition) is 8. The number of piperazine rings is 1. The van der Waals surface area contributed by atoms with E-state index in [9.17, 15) is 18.5 Å². The molecule has 0 atom stereocenters. The Morgan fingerprint density at radius 2 is 1.74 bits per heavy atom. The van der Waals surface area contributed by atoms with Crippen molar-refractivity contribution in [3.05, 3.63) is 70.7 Å². The first kappa shape index (κ1) is 24.8. The summed E-state index contributed by atoms with van der Waals surface area (Å²) in [7, 11) is -3.78. The summed E-state index contributed by atoms with van der Waals surface area (Å²) in [5.41, 5.74) is 1.19. The summed E-state index contributed by atoms with van der Waals surface area (Å²) < 4.78 is 32.9. The monoisotopic (exact) mass is 499 g/mol. The molecule has 0 aliphatic carbocycles. The highest BCUT2D eigenvalue weighted by atomic mass is 32.2. The van der Waals surface area contributed by atoms with Gasteiger partial charge in [0, 0.05) is 50.9 Å². The van der Waals surface area contributed by atoms with Crippen molar-refractivity contribution in [2.45, 2.75) is 25.3 Å². The average molecular weight is 500 g/mol. The Balaban J connectivity index is 1.44. The molecule has 0 bridgehead atoms. The Morgan fingerprint density at radius 3 is 2.37 bits per heavy atom. The van der Waals surface area contributed by atoms with E-state index in [1.165, 1.54) is 16.4 Å². The number of nitro benzene ring substituents is 1. The maximum atomic E-state index is 12.8. The van der Waals surface area contributed by atoms with Gasteiger partial charge in [0.25, 0.3) is 5.69 Å². The van der Waals surface area contributed by atoms with Gasteiger partial charge in [0.2, 0.25) is 15.9 Å². The van der Waals surface area contributed by atoms with Crippen LogP contribution < -0.4 is 4.90 Å². The van der Waals surface area contributed by atoms with Gasteiger partial charge in [0.15, 0.2) is 5.76 Å². The van der Waals surface area contributed by atoms with Crippen LogP contribution in [0.4, 0.5) is 11.4 Å². The average Bonchev–Trinajstić information content (AvgIpc) is 3.34. The molecule has 0 saturated carbocycles. The molecular weight excluding hydrogens is 470 g/mol. The van der Waals surface area contributed by atoms with Gasteiger partial charge < -0.3 is 9.32 Å². The van der Waals surface area contributed by atoms with E-state index >= 15 is 0 Å². The first-order chi connectivity index (χ1) is 16.8. The summed E-state index contributed by atoms with van der Waals surface area (Å²) in [6.45, 7) is 7.09. The van der Waals surface area contributed by atoms with Crippen molar-refractivity contribution in [2.75, 3.05) is 44.2 Å². The number of nitrogens with zero attached hydrogens (tertiary/aromatic N) is 5. The molecule has 2 aromatic carbocycles. The Kier molecular flexibility index (Phi) is 7.48. The van der Waals surface area contributed by atoms with Crippen molar-refractivity contribution < 1.29 is 17.8 Å². The van der Waals surface area contributed by atoms with Crippen molar-refractivity contribution in [1.29, 1.82) is 0 Å². The zero-order chi connectivity index (χ0) is 25.0. The fourth-order valence-corrected chi connectivity index (χ4v) is 5.73. The Morgan fingerprint density at radius 1 is 1.06 bits per heavy atom. The number of sulfonamides is 1. The van der Waals surface area contributed by atoms with E-state index in [2.05, 4.69) is 9.88 Å². The maximum Gasteiger partial charge on any atom is 0.293 e. The molecule has 3 aromatic rings. The first-order valence-corrected chi connectivity index (χ1v) is 13.0. The van der Waals surface area contributed by atoms with Gasteiger partial charge in [0.05, 0.1) is 22.6 Å². The Hall–Kier alpha value is -3.28. The zero-order valence-corrected chi connectivity index (χ0v) is 20.6. The number of hydrogen-bond donors (Lipinski definition) is 0. The van der Waals surface area contributed by atoms with Gasteiger partial charge in [-0.3, -0.25) is 15.0 Å². The standard InChI is InChI=1S/C24H29N5O5S/c1-3-28(4-2)35(32,33)20-10-11-21(22(16-20)29(30)31)27-14-12-26(13-15-27)18-24-25-17-23(34-24)19-8-6-5-7-9-19/h5-11,16-17H,3-4,12-15,18H2,1-2H3. The lowest BCUT2D eigenvalue weighted by Crippen LogP contribution is -2.46. The summed E-state index contributed by atoms with van der Waals surface area (Å²) in [4.78, 5) is 19.7. The van der Waals surface area contributed by atoms with Crippen molar-refractivity contribution in [3.8, 4) is 11.3 Å². The lowest BCUT2D eigenvalue weighted by atomic mass is 10.2. The lowest BCUT2D eigenvalue weighted by Gasteiger charge is -2.35. The van der Waals surface area contributed by atoms with Crippen molar-refractivity contribution in [3.63, 3.8) is 0 Å². The molecule has 0 unspecified atom stereocenters. The second-order valence-corrected chi connectivity index (χ2v) is 10.2. The normalized spacial score (nSPS) is 15.0. The van der Waals surface area contributed by atoms with Crippen molar-refractivity contribution in [1.82, 2.24) is 14.2 Å². The molecule has 186 valence electrons. The molecule has 1 fully saturated rings. The van der Waals surface area contributed by atoms with Crippen LogP contribution in [0.1, 0.15) is 19.7 Å². The second-order valence-electron chi connectivity index (χ2n) is 8.24. The second kappa shape index (κ2) is 10.5. The van der Waals surface area contributed by atoms with Gasteiger partial charge in [-0.15, -0.1) is 0 Å². The van der Waals surface area contributed by atoms with Crippen LogP contribution in [0.2, 0.25) is 0 Å². The topological polar surface area (TPSA) is 113 Å². The molecule has 0 amide bonds. The van der Waals surface area contributed by atoms with E-state index in [1.54, 1.807) is 26.1 Å². The van der Waals surface area contributed by atoms with Crippen LogP contribution in [-0.2, 0) is 16.6 Å². The summed E-state index contributed by atoms with van der Waals surface area (Å²) in [5, 5.41) is 11.8. The largest absolute Gasteiger partial charge is 0.439 e. The number of rotatable bonds is 9. The fraction of sp³-hybridized carbons (Fsp3) is 0.375. The molecule has 1 aliphatic rings. The maximum absolute atomic E-state index is 12.8. The van der Waals surface area contributed by atoms with Crippen LogP contribution in [-0.4, -0.2) is 66.8 Å². The van der Waals surface area contributed by atoms with Crippen LogP contribution in [0, 0.1) is 10.1 Å². The van der Waals surface area contributed by atoms with Crippen LogP contribution in [0.25, 0.3) is 11.3 Å². The van der Waals surface area contributed by atoms with E-state index in [-0.39, 0.29) is 10.6 Å². The molecule has 4 rings (SSSR count). The van der Waals surface area contributed by atoms with Crippen LogP contribution >= 0.6 is 0 Å². The quantitative estimate of drug-likeness (QED) is 0.324. The van der Waals surface area contributed by atoms with E-state index in [1.807, 2.05) is 35.2 Å². The highest BCUT2D eigenvalue weighted by molar-refractivity contribution is 7.89. The van der Waals surface area contributed by atoms with Gasteiger partial charge in [0.1, 0.15) is 5.69 Å². The number of benzene rings is 2. The molecule has 1 aliphatic heterocycles. The molecular formula is C24H29N5O5S. The Labute approximate surface area is 205 Å². The van der Waals surface area contributed by atoms with E-state index in [0.29, 0.717) is 57.4 Å². The minimum Gasteiger partial charge on any atom is -0.439 e. The van der Waals surface area contributed by atoms with E-state index in [0.717, 1.165) is 11.3 Å². The number of nitro groups is 1. The lowest BCUT2D eigenvalue weighted by molar-refractivity contribution is -0.384. The third-order valence-electron chi connectivity index (χ3n) is 6.17. The Bertz CT molecular complexity index is 1270.